The fraction of sp³-hybridized carbons (Fsp3) is 0.263. The molecular weight excluding hydrogens is 442 g/mol. The molecule has 2 aromatic rings. The second-order valence-electron chi connectivity index (χ2n) is 6.12. The average molecular weight is 462 g/mol. The van der Waals surface area contributed by atoms with Crippen LogP contribution in [-0.2, 0) is 4.57 Å². The third kappa shape index (κ3) is 6.25. The van der Waals surface area contributed by atoms with E-state index in [-0.39, 0.29) is 11.8 Å². The van der Waals surface area contributed by atoms with E-state index in [1.54, 1.807) is 24.3 Å². The van der Waals surface area contributed by atoms with E-state index in [1.165, 1.54) is 10.5 Å². The highest BCUT2D eigenvalue weighted by Gasteiger charge is 2.34. The largest absolute Gasteiger partial charge is 0.370 e. The molecule has 28 heavy (non-hydrogen) atoms. The van der Waals surface area contributed by atoms with Crippen LogP contribution in [0.2, 0.25) is 0 Å². The SMILES string of the molecule is CCN(CCN1C(=O)c2ccccc2C1=O)c1cccc(C)c1.O=P(Cl)(Cl)Cl. The minimum atomic E-state index is -3.22. The van der Waals surface area contributed by atoms with E-state index in [4.69, 9.17) is 0 Å². The molecule has 0 atom stereocenters. The maximum Gasteiger partial charge on any atom is 0.339 e. The van der Waals surface area contributed by atoms with Crippen LogP contribution in [0, 0.1) is 6.92 Å². The molecule has 5 nitrogen and oxygen atoms in total. The molecule has 0 N–H and O–H groups in total. The summed E-state index contributed by atoms with van der Waals surface area (Å²) < 4.78 is 9.51. The first-order valence-corrected chi connectivity index (χ1v) is 13.0. The van der Waals surface area contributed by atoms with Crippen molar-refractivity contribution in [2.75, 3.05) is 24.5 Å². The van der Waals surface area contributed by atoms with Crippen molar-refractivity contribution in [3.05, 3.63) is 65.2 Å². The third-order valence-electron chi connectivity index (χ3n) is 4.22. The molecule has 0 radical (unpaired) electrons. The van der Waals surface area contributed by atoms with Gasteiger partial charge in [0.1, 0.15) is 0 Å². The van der Waals surface area contributed by atoms with Gasteiger partial charge in [-0.2, -0.15) is 0 Å². The minimum Gasteiger partial charge on any atom is -0.370 e. The maximum absolute atomic E-state index is 12.4. The number of fused-ring (bicyclic) bond motifs is 1. The van der Waals surface area contributed by atoms with Crippen LogP contribution in [0.3, 0.4) is 0 Å². The second-order valence-corrected chi connectivity index (χ2v) is 12.8. The van der Waals surface area contributed by atoms with Crippen molar-refractivity contribution in [2.45, 2.75) is 13.8 Å². The third-order valence-corrected chi connectivity index (χ3v) is 4.22. The van der Waals surface area contributed by atoms with Gasteiger partial charge in [0.15, 0.2) is 0 Å². The van der Waals surface area contributed by atoms with Gasteiger partial charge in [-0.3, -0.25) is 19.1 Å². The number of hydrogen-bond donors (Lipinski definition) is 0. The fourth-order valence-electron chi connectivity index (χ4n) is 2.96. The summed E-state index contributed by atoms with van der Waals surface area (Å²) in [6.45, 7) is 5.98. The maximum atomic E-state index is 12.4. The van der Waals surface area contributed by atoms with Crippen LogP contribution in [0.4, 0.5) is 5.69 Å². The lowest BCUT2D eigenvalue weighted by Crippen LogP contribution is -2.38. The van der Waals surface area contributed by atoms with Crippen LogP contribution < -0.4 is 4.90 Å². The van der Waals surface area contributed by atoms with Crippen LogP contribution in [0.15, 0.2) is 48.5 Å². The molecule has 0 unspecified atom stereocenters. The van der Waals surface area contributed by atoms with Gasteiger partial charge in [0.25, 0.3) is 11.8 Å². The van der Waals surface area contributed by atoms with Gasteiger partial charge in [-0.15, -0.1) is 0 Å². The summed E-state index contributed by atoms with van der Waals surface area (Å²) in [7, 11) is 0. The number of aryl methyl sites for hydroxylation is 1. The number of benzene rings is 2. The summed E-state index contributed by atoms with van der Waals surface area (Å²) in [6, 6.07) is 15.3. The first kappa shape index (κ1) is 22.8. The molecule has 0 aliphatic carbocycles. The van der Waals surface area contributed by atoms with Crippen LogP contribution in [0.5, 0.6) is 0 Å². The zero-order valence-electron chi connectivity index (χ0n) is 15.4. The topological polar surface area (TPSA) is 57.7 Å². The number of likely N-dealkylation sites (N-methyl/N-ethyl adjacent to an activating group) is 1. The molecular formula is C19H20Cl3N2O3P. The van der Waals surface area contributed by atoms with E-state index in [0.29, 0.717) is 24.2 Å². The van der Waals surface area contributed by atoms with Gasteiger partial charge in [-0.25, -0.2) is 0 Å². The summed E-state index contributed by atoms with van der Waals surface area (Å²) >= 11 is 13.8. The van der Waals surface area contributed by atoms with E-state index < -0.39 is 5.20 Å². The van der Waals surface area contributed by atoms with Crippen molar-refractivity contribution in [2.24, 2.45) is 0 Å². The lowest BCUT2D eigenvalue weighted by Gasteiger charge is -2.25. The number of carbonyl (C=O) groups is 2. The first-order chi connectivity index (χ1) is 13.1. The van der Waals surface area contributed by atoms with Gasteiger partial charge >= 0.3 is 5.20 Å². The smallest absolute Gasteiger partial charge is 0.339 e. The van der Waals surface area contributed by atoms with Crippen LogP contribution >= 0.6 is 38.9 Å². The molecule has 3 rings (SSSR count). The quantitative estimate of drug-likeness (QED) is 0.409. The monoisotopic (exact) mass is 460 g/mol. The molecule has 0 saturated carbocycles. The number of nitrogens with zero attached hydrogens (tertiary/aromatic N) is 2. The van der Waals surface area contributed by atoms with Crippen LogP contribution in [-0.4, -0.2) is 36.3 Å². The Labute approximate surface area is 178 Å². The highest BCUT2D eigenvalue weighted by molar-refractivity contribution is 8.24. The van der Waals surface area contributed by atoms with Gasteiger partial charge in [0, 0.05) is 25.3 Å². The minimum absolute atomic E-state index is 0.189. The number of anilines is 1. The molecule has 0 bridgehead atoms. The van der Waals surface area contributed by atoms with Gasteiger partial charge < -0.3 is 4.90 Å². The van der Waals surface area contributed by atoms with E-state index in [2.05, 4.69) is 70.7 Å². The van der Waals surface area contributed by atoms with Crippen LogP contribution in [0.25, 0.3) is 0 Å². The average Bonchev–Trinajstić information content (AvgIpc) is 2.86. The van der Waals surface area contributed by atoms with Crippen molar-refractivity contribution in [1.82, 2.24) is 4.90 Å². The van der Waals surface area contributed by atoms with E-state index in [0.717, 1.165) is 12.2 Å². The highest BCUT2D eigenvalue weighted by atomic mass is 36.0. The highest BCUT2D eigenvalue weighted by Crippen LogP contribution is 2.61. The molecule has 0 aromatic heterocycles. The zero-order valence-corrected chi connectivity index (χ0v) is 18.6. The van der Waals surface area contributed by atoms with Gasteiger partial charge in [-0.05, 0) is 77.4 Å². The number of halogens is 3. The van der Waals surface area contributed by atoms with Crippen molar-refractivity contribution in [3.63, 3.8) is 0 Å². The molecule has 2 aromatic carbocycles. The van der Waals surface area contributed by atoms with Crippen molar-refractivity contribution < 1.29 is 14.2 Å². The van der Waals surface area contributed by atoms with Gasteiger partial charge in [-0.1, -0.05) is 24.3 Å². The molecule has 1 heterocycles. The summed E-state index contributed by atoms with van der Waals surface area (Å²) in [5, 5.41) is -3.22. The number of imide groups is 1. The lowest BCUT2D eigenvalue weighted by atomic mass is 10.1. The molecule has 1 aliphatic heterocycles. The molecule has 1 aliphatic rings. The number of carbonyl (C=O) groups excluding carboxylic acids is 2. The predicted molar refractivity (Wildman–Crippen MR) is 116 cm³/mol. The normalized spacial score (nSPS) is 13.1. The van der Waals surface area contributed by atoms with E-state index >= 15 is 0 Å². The number of rotatable bonds is 5. The second kappa shape index (κ2) is 9.80. The molecule has 0 spiro atoms. The molecule has 0 saturated heterocycles. The number of hydrogen-bond acceptors (Lipinski definition) is 4. The first-order valence-electron chi connectivity index (χ1n) is 8.57. The summed E-state index contributed by atoms with van der Waals surface area (Å²) in [4.78, 5) is 28.3. The van der Waals surface area contributed by atoms with Crippen molar-refractivity contribution in [3.8, 4) is 0 Å². The van der Waals surface area contributed by atoms with Gasteiger partial charge in [0.2, 0.25) is 0 Å². The Kier molecular flexibility index (Phi) is 7.97. The standard InChI is InChI=1S/C19H20N2O2.Cl3OP/c1-3-20(15-8-6-7-14(2)13-15)11-12-21-18(22)16-9-4-5-10-17(16)19(21)23;1-5(2,3)4/h4-10,13H,3,11-12H2,1-2H3;. The molecule has 2 amide bonds. The summed E-state index contributed by atoms with van der Waals surface area (Å²) in [6.07, 6.45) is 0. The Morgan fingerprint density at radius 2 is 1.50 bits per heavy atom. The molecule has 0 fully saturated rings. The Balaban J connectivity index is 0.000000500. The molecule has 9 heteroatoms. The zero-order chi connectivity index (χ0) is 20.9. The van der Waals surface area contributed by atoms with Crippen molar-refractivity contribution in [1.29, 1.82) is 0 Å². The van der Waals surface area contributed by atoms with Gasteiger partial charge in [0.05, 0.1) is 11.1 Å². The van der Waals surface area contributed by atoms with E-state index in [1.807, 2.05) is 6.07 Å². The summed E-state index contributed by atoms with van der Waals surface area (Å²) in [5.41, 5.74) is 3.33. The van der Waals surface area contributed by atoms with Crippen LogP contribution in [0.1, 0.15) is 33.2 Å². The Bertz CT molecular complexity index is 874. The molecule has 150 valence electrons. The summed E-state index contributed by atoms with van der Waals surface area (Å²) in [5.74, 6) is -0.378. The Morgan fingerprint density at radius 3 is 1.96 bits per heavy atom. The predicted octanol–water partition coefficient (Wildman–Crippen LogP) is 5.93. The number of amides is 2. The lowest BCUT2D eigenvalue weighted by molar-refractivity contribution is 0.0658. The van der Waals surface area contributed by atoms with Crippen molar-refractivity contribution >= 4 is 56.4 Å². The van der Waals surface area contributed by atoms with E-state index in [9.17, 15) is 14.2 Å². The Hall–Kier alpha value is -1.52. The fourth-order valence-corrected chi connectivity index (χ4v) is 2.96. The Morgan fingerprint density at radius 1 is 0.964 bits per heavy atom.